The van der Waals surface area contributed by atoms with Crippen LogP contribution in [0.5, 0.6) is 0 Å². The zero-order valence-electron chi connectivity index (χ0n) is 12.9. The van der Waals surface area contributed by atoms with Crippen LogP contribution < -0.4 is 5.32 Å². The minimum absolute atomic E-state index is 0.683. The number of hydrogen-bond donors (Lipinski definition) is 1. The average Bonchev–Trinajstić information content (AvgIpc) is 2.94. The maximum Gasteiger partial charge on any atom is 0.226 e. The van der Waals surface area contributed by atoms with E-state index in [0.29, 0.717) is 11.8 Å². The topological polar surface area (TPSA) is 51.0 Å². The first-order chi connectivity index (χ1) is 10.2. The Labute approximate surface area is 130 Å². The predicted octanol–water partition coefficient (Wildman–Crippen LogP) is 3.67. The van der Waals surface area contributed by atoms with Gasteiger partial charge in [0.25, 0.3) is 0 Å². The Balaban J connectivity index is 1.79. The van der Waals surface area contributed by atoms with E-state index < -0.39 is 0 Å². The van der Waals surface area contributed by atoms with E-state index in [1.807, 2.05) is 6.92 Å². The van der Waals surface area contributed by atoms with E-state index in [-0.39, 0.29) is 0 Å². The molecule has 4 nitrogen and oxygen atoms in total. The molecule has 0 saturated carbocycles. The van der Waals surface area contributed by atoms with Gasteiger partial charge in [0.1, 0.15) is 0 Å². The molecule has 1 aromatic heterocycles. The lowest BCUT2D eigenvalue weighted by atomic mass is 10.2. The third-order valence-corrected chi connectivity index (χ3v) is 3.99. The number of nitrogens with one attached hydrogen (secondary N) is 1. The van der Waals surface area contributed by atoms with Crippen LogP contribution in [0.1, 0.15) is 38.0 Å². The van der Waals surface area contributed by atoms with Gasteiger partial charge in [0, 0.05) is 17.9 Å². The Morgan fingerprint density at radius 2 is 2.00 bits per heavy atom. The van der Waals surface area contributed by atoms with E-state index in [1.54, 1.807) is 11.8 Å². The van der Waals surface area contributed by atoms with Gasteiger partial charge in [-0.15, -0.1) is 11.8 Å². The number of aromatic nitrogens is 2. The Kier molecular flexibility index (Phi) is 6.26. The Hall–Kier alpha value is -1.33. The molecule has 114 valence electrons. The van der Waals surface area contributed by atoms with Gasteiger partial charge in [0.15, 0.2) is 5.82 Å². The van der Waals surface area contributed by atoms with Crippen LogP contribution in [0.15, 0.2) is 33.7 Å². The highest BCUT2D eigenvalue weighted by molar-refractivity contribution is 7.98. The van der Waals surface area contributed by atoms with Crippen LogP contribution in [-0.4, -0.2) is 16.7 Å². The van der Waals surface area contributed by atoms with Crippen molar-refractivity contribution in [1.82, 2.24) is 15.5 Å². The summed E-state index contributed by atoms with van der Waals surface area (Å²) in [5, 5.41) is 7.41. The SMILES string of the molecule is CCc1nc(CSc2ccc(CNCC(C)C)cc2)no1. The summed E-state index contributed by atoms with van der Waals surface area (Å²) in [6.45, 7) is 8.42. The van der Waals surface area contributed by atoms with E-state index in [0.717, 1.165) is 31.1 Å². The molecule has 0 aliphatic carbocycles. The first-order valence-corrected chi connectivity index (χ1v) is 8.40. The van der Waals surface area contributed by atoms with Crippen molar-refractivity contribution in [2.75, 3.05) is 6.54 Å². The third kappa shape index (κ3) is 5.52. The fraction of sp³-hybridized carbons (Fsp3) is 0.500. The van der Waals surface area contributed by atoms with Crippen molar-refractivity contribution in [2.45, 2.75) is 44.4 Å². The van der Waals surface area contributed by atoms with Gasteiger partial charge in [-0.05, 0) is 30.2 Å². The van der Waals surface area contributed by atoms with Crippen molar-refractivity contribution in [3.8, 4) is 0 Å². The lowest BCUT2D eigenvalue weighted by Crippen LogP contribution is -2.18. The number of hydrogen-bond acceptors (Lipinski definition) is 5. The number of thioether (sulfide) groups is 1. The van der Waals surface area contributed by atoms with E-state index in [1.165, 1.54) is 10.5 Å². The van der Waals surface area contributed by atoms with Gasteiger partial charge >= 0.3 is 0 Å². The van der Waals surface area contributed by atoms with Crippen molar-refractivity contribution < 1.29 is 4.52 Å². The van der Waals surface area contributed by atoms with Crippen LogP contribution >= 0.6 is 11.8 Å². The van der Waals surface area contributed by atoms with Gasteiger partial charge in [0.05, 0.1) is 5.75 Å². The minimum Gasteiger partial charge on any atom is -0.339 e. The van der Waals surface area contributed by atoms with Crippen LogP contribution in [0.4, 0.5) is 0 Å². The number of aryl methyl sites for hydroxylation is 1. The molecule has 0 bridgehead atoms. The highest BCUT2D eigenvalue weighted by atomic mass is 32.2. The van der Waals surface area contributed by atoms with Crippen LogP contribution in [0.2, 0.25) is 0 Å². The van der Waals surface area contributed by atoms with Gasteiger partial charge in [-0.1, -0.05) is 38.1 Å². The summed E-state index contributed by atoms with van der Waals surface area (Å²) in [4.78, 5) is 5.54. The molecule has 2 aromatic rings. The average molecular weight is 305 g/mol. The molecule has 0 radical (unpaired) electrons. The van der Waals surface area contributed by atoms with Crippen molar-refractivity contribution in [3.05, 3.63) is 41.5 Å². The zero-order valence-corrected chi connectivity index (χ0v) is 13.7. The van der Waals surface area contributed by atoms with E-state index in [4.69, 9.17) is 4.52 Å². The quantitative estimate of drug-likeness (QED) is 0.754. The summed E-state index contributed by atoms with van der Waals surface area (Å²) in [5.74, 6) is 2.90. The van der Waals surface area contributed by atoms with Crippen molar-refractivity contribution in [1.29, 1.82) is 0 Å². The molecule has 0 unspecified atom stereocenters. The molecule has 0 aliphatic rings. The molecular weight excluding hydrogens is 282 g/mol. The fourth-order valence-electron chi connectivity index (χ4n) is 1.85. The summed E-state index contributed by atoms with van der Waals surface area (Å²) in [6.07, 6.45) is 0.787. The lowest BCUT2D eigenvalue weighted by Gasteiger charge is -2.07. The minimum atomic E-state index is 0.683. The largest absolute Gasteiger partial charge is 0.339 e. The van der Waals surface area contributed by atoms with Crippen molar-refractivity contribution in [3.63, 3.8) is 0 Å². The molecule has 0 aliphatic heterocycles. The standard InChI is InChI=1S/C16H23N3OS/c1-4-16-18-15(19-20-16)11-21-14-7-5-13(6-8-14)10-17-9-12(2)3/h5-8,12,17H,4,9-11H2,1-3H3. The van der Waals surface area contributed by atoms with Gasteiger partial charge in [-0.25, -0.2) is 0 Å². The highest BCUT2D eigenvalue weighted by Crippen LogP contribution is 2.22. The van der Waals surface area contributed by atoms with Gasteiger partial charge in [0.2, 0.25) is 5.89 Å². The van der Waals surface area contributed by atoms with Gasteiger partial charge in [-0.2, -0.15) is 4.98 Å². The van der Waals surface area contributed by atoms with E-state index >= 15 is 0 Å². The Bertz CT molecular complexity index is 537. The number of rotatable bonds is 8. The lowest BCUT2D eigenvalue weighted by molar-refractivity contribution is 0.378. The zero-order chi connectivity index (χ0) is 15.1. The Morgan fingerprint density at radius 3 is 2.62 bits per heavy atom. The smallest absolute Gasteiger partial charge is 0.226 e. The number of benzene rings is 1. The van der Waals surface area contributed by atoms with Crippen molar-refractivity contribution >= 4 is 11.8 Å². The second kappa shape index (κ2) is 8.20. The second-order valence-electron chi connectivity index (χ2n) is 5.42. The maximum atomic E-state index is 5.10. The van der Waals surface area contributed by atoms with Gasteiger partial charge < -0.3 is 9.84 Å². The third-order valence-electron chi connectivity index (χ3n) is 2.99. The monoisotopic (exact) mass is 305 g/mol. The van der Waals surface area contributed by atoms with Crippen LogP contribution in [0.3, 0.4) is 0 Å². The molecule has 1 N–H and O–H groups in total. The van der Waals surface area contributed by atoms with Gasteiger partial charge in [-0.3, -0.25) is 0 Å². The molecule has 0 saturated heterocycles. The molecule has 0 spiro atoms. The molecule has 21 heavy (non-hydrogen) atoms. The summed E-state index contributed by atoms with van der Waals surface area (Å²) in [7, 11) is 0. The Morgan fingerprint density at radius 1 is 1.24 bits per heavy atom. The predicted molar refractivity (Wildman–Crippen MR) is 86.2 cm³/mol. The van der Waals surface area contributed by atoms with Crippen LogP contribution in [0, 0.1) is 5.92 Å². The first-order valence-electron chi connectivity index (χ1n) is 7.41. The van der Waals surface area contributed by atoms with Crippen LogP contribution in [0.25, 0.3) is 0 Å². The molecular formula is C16H23N3OS. The second-order valence-corrected chi connectivity index (χ2v) is 6.46. The molecule has 0 fully saturated rings. The molecule has 0 amide bonds. The maximum absolute atomic E-state index is 5.10. The van der Waals surface area contributed by atoms with E-state index in [9.17, 15) is 0 Å². The molecule has 2 rings (SSSR count). The number of nitrogens with zero attached hydrogens (tertiary/aromatic N) is 2. The molecule has 0 atom stereocenters. The molecule has 1 heterocycles. The molecule has 1 aromatic carbocycles. The fourth-order valence-corrected chi connectivity index (χ4v) is 2.59. The summed E-state index contributed by atoms with van der Waals surface area (Å²) in [5.41, 5.74) is 1.31. The highest BCUT2D eigenvalue weighted by Gasteiger charge is 2.05. The summed E-state index contributed by atoms with van der Waals surface area (Å²) < 4.78 is 5.10. The molecule has 5 heteroatoms. The first kappa shape index (κ1) is 16.0. The van der Waals surface area contributed by atoms with Crippen LogP contribution in [-0.2, 0) is 18.7 Å². The van der Waals surface area contributed by atoms with Crippen molar-refractivity contribution in [2.24, 2.45) is 5.92 Å². The van der Waals surface area contributed by atoms with E-state index in [2.05, 4.69) is 53.6 Å². The summed E-state index contributed by atoms with van der Waals surface area (Å²) in [6, 6.07) is 8.64. The normalized spacial score (nSPS) is 11.2. The summed E-state index contributed by atoms with van der Waals surface area (Å²) >= 11 is 1.73.